The second-order valence-electron chi connectivity index (χ2n) is 4.42. The SMILES string of the molecule is CCN(CC)S(=O)(=O)NCc1csc(-c2ccccc2)n1. The summed E-state index contributed by atoms with van der Waals surface area (Å²) in [6, 6.07) is 9.85. The van der Waals surface area contributed by atoms with Gasteiger partial charge in [-0.25, -0.2) is 4.98 Å². The fourth-order valence-corrected chi connectivity index (χ4v) is 3.94. The van der Waals surface area contributed by atoms with Gasteiger partial charge in [0.1, 0.15) is 5.01 Å². The minimum atomic E-state index is -3.43. The Bertz CT molecular complexity index is 665. The van der Waals surface area contributed by atoms with E-state index in [9.17, 15) is 8.42 Å². The van der Waals surface area contributed by atoms with Crippen molar-refractivity contribution >= 4 is 21.5 Å². The standard InChI is InChI=1S/C14H19N3O2S2/c1-3-17(4-2)21(18,19)15-10-13-11-20-14(16-13)12-8-6-5-7-9-12/h5-9,11,15H,3-4,10H2,1-2H3. The summed E-state index contributed by atoms with van der Waals surface area (Å²) in [7, 11) is -3.43. The minimum absolute atomic E-state index is 0.210. The first-order valence-electron chi connectivity index (χ1n) is 6.81. The van der Waals surface area contributed by atoms with Gasteiger partial charge in [0.25, 0.3) is 10.2 Å². The van der Waals surface area contributed by atoms with E-state index in [1.54, 1.807) is 0 Å². The number of aromatic nitrogens is 1. The van der Waals surface area contributed by atoms with Crippen molar-refractivity contribution in [3.05, 3.63) is 41.4 Å². The average Bonchev–Trinajstić information content (AvgIpc) is 2.96. The van der Waals surface area contributed by atoms with Crippen molar-refractivity contribution in [2.45, 2.75) is 20.4 Å². The summed E-state index contributed by atoms with van der Waals surface area (Å²) in [6.45, 7) is 4.76. The van der Waals surface area contributed by atoms with Crippen LogP contribution in [0, 0.1) is 0 Å². The molecule has 0 unspecified atom stereocenters. The van der Waals surface area contributed by atoms with Crippen molar-refractivity contribution in [2.75, 3.05) is 13.1 Å². The zero-order valence-electron chi connectivity index (χ0n) is 12.1. The molecule has 2 aromatic rings. The number of benzene rings is 1. The van der Waals surface area contributed by atoms with Crippen LogP contribution in [0.4, 0.5) is 0 Å². The van der Waals surface area contributed by atoms with Crippen LogP contribution >= 0.6 is 11.3 Å². The van der Waals surface area contributed by atoms with E-state index in [0.717, 1.165) is 16.3 Å². The van der Waals surface area contributed by atoms with E-state index >= 15 is 0 Å². The fraction of sp³-hybridized carbons (Fsp3) is 0.357. The van der Waals surface area contributed by atoms with Gasteiger partial charge in [0.05, 0.1) is 12.2 Å². The fourth-order valence-electron chi connectivity index (χ4n) is 1.92. The quantitative estimate of drug-likeness (QED) is 0.851. The maximum absolute atomic E-state index is 12.0. The number of hydrogen-bond acceptors (Lipinski definition) is 4. The maximum atomic E-state index is 12.0. The van der Waals surface area contributed by atoms with E-state index in [1.807, 2.05) is 49.6 Å². The van der Waals surface area contributed by atoms with Crippen LogP contribution in [0.3, 0.4) is 0 Å². The Labute approximate surface area is 129 Å². The lowest BCUT2D eigenvalue weighted by molar-refractivity contribution is 0.434. The van der Waals surface area contributed by atoms with E-state index in [2.05, 4.69) is 9.71 Å². The number of thiazole rings is 1. The van der Waals surface area contributed by atoms with Crippen molar-refractivity contribution in [1.29, 1.82) is 0 Å². The molecule has 0 aliphatic carbocycles. The first-order valence-corrected chi connectivity index (χ1v) is 9.13. The smallest absolute Gasteiger partial charge is 0.240 e. The van der Waals surface area contributed by atoms with E-state index in [4.69, 9.17) is 0 Å². The summed E-state index contributed by atoms with van der Waals surface area (Å²) in [5, 5.41) is 2.78. The topological polar surface area (TPSA) is 62.3 Å². The van der Waals surface area contributed by atoms with Crippen LogP contribution in [-0.2, 0) is 16.8 Å². The van der Waals surface area contributed by atoms with Crippen LogP contribution in [-0.4, -0.2) is 30.8 Å². The molecule has 0 radical (unpaired) electrons. The Hall–Kier alpha value is -1.28. The third kappa shape index (κ3) is 4.10. The molecule has 0 fully saturated rings. The molecule has 21 heavy (non-hydrogen) atoms. The second-order valence-corrected chi connectivity index (χ2v) is 7.03. The maximum Gasteiger partial charge on any atom is 0.279 e. The number of nitrogens with zero attached hydrogens (tertiary/aromatic N) is 2. The van der Waals surface area contributed by atoms with E-state index < -0.39 is 10.2 Å². The Balaban J connectivity index is 2.04. The molecule has 114 valence electrons. The van der Waals surface area contributed by atoms with E-state index in [0.29, 0.717) is 13.1 Å². The molecule has 0 saturated carbocycles. The largest absolute Gasteiger partial charge is 0.279 e. The monoisotopic (exact) mass is 325 g/mol. The van der Waals surface area contributed by atoms with Gasteiger partial charge < -0.3 is 0 Å². The van der Waals surface area contributed by atoms with Gasteiger partial charge in [-0.1, -0.05) is 44.2 Å². The molecule has 0 amide bonds. The summed E-state index contributed by atoms with van der Waals surface area (Å²) in [6.07, 6.45) is 0. The molecule has 5 nitrogen and oxygen atoms in total. The molecule has 0 spiro atoms. The lowest BCUT2D eigenvalue weighted by atomic mass is 10.2. The molecular weight excluding hydrogens is 306 g/mol. The highest BCUT2D eigenvalue weighted by atomic mass is 32.2. The number of rotatable bonds is 7. The lowest BCUT2D eigenvalue weighted by Gasteiger charge is -2.18. The highest BCUT2D eigenvalue weighted by Gasteiger charge is 2.18. The van der Waals surface area contributed by atoms with Gasteiger partial charge in [0, 0.05) is 24.0 Å². The van der Waals surface area contributed by atoms with Gasteiger partial charge in [-0.3, -0.25) is 0 Å². The zero-order valence-corrected chi connectivity index (χ0v) is 13.7. The predicted molar refractivity (Wildman–Crippen MR) is 86.2 cm³/mol. The lowest BCUT2D eigenvalue weighted by Crippen LogP contribution is -2.40. The van der Waals surface area contributed by atoms with Crippen LogP contribution in [0.2, 0.25) is 0 Å². The Kier molecular flexibility index (Phi) is 5.46. The van der Waals surface area contributed by atoms with Crippen molar-refractivity contribution < 1.29 is 8.42 Å². The van der Waals surface area contributed by atoms with Crippen LogP contribution in [0.25, 0.3) is 10.6 Å². The van der Waals surface area contributed by atoms with Crippen molar-refractivity contribution in [2.24, 2.45) is 0 Å². The molecular formula is C14H19N3O2S2. The molecule has 0 bridgehead atoms. The number of hydrogen-bond donors (Lipinski definition) is 1. The zero-order chi connectivity index (χ0) is 15.3. The molecule has 1 heterocycles. The summed E-state index contributed by atoms with van der Waals surface area (Å²) in [5.74, 6) is 0. The van der Waals surface area contributed by atoms with Crippen molar-refractivity contribution in [3.63, 3.8) is 0 Å². The summed E-state index contributed by atoms with van der Waals surface area (Å²) in [4.78, 5) is 4.47. The van der Waals surface area contributed by atoms with Crippen LogP contribution < -0.4 is 4.72 Å². The number of nitrogens with one attached hydrogen (secondary N) is 1. The van der Waals surface area contributed by atoms with Gasteiger partial charge >= 0.3 is 0 Å². The van der Waals surface area contributed by atoms with Gasteiger partial charge in [0.2, 0.25) is 0 Å². The third-order valence-electron chi connectivity index (χ3n) is 3.05. The highest BCUT2D eigenvalue weighted by molar-refractivity contribution is 7.87. The molecule has 0 aliphatic rings. The molecule has 1 aromatic carbocycles. The van der Waals surface area contributed by atoms with Gasteiger partial charge in [-0.2, -0.15) is 17.4 Å². The van der Waals surface area contributed by atoms with Crippen molar-refractivity contribution in [1.82, 2.24) is 14.0 Å². The molecule has 0 atom stereocenters. The van der Waals surface area contributed by atoms with Crippen LogP contribution in [0.5, 0.6) is 0 Å². The summed E-state index contributed by atoms with van der Waals surface area (Å²) >= 11 is 1.51. The average molecular weight is 325 g/mol. The van der Waals surface area contributed by atoms with Gasteiger partial charge in [0.15, 0.2) is 0 Å². The van der Waals surface area contributed by atoms with E-state index in [1.165, 1.54) is 15.6 Å². The van der Waals surface area contributed by atoms with Crippen molar-refractivity contribution in [3.8, 4) is 10.6 Å². The van der Waals surface area contributed by atoms with Gasteiger partial charge in [-0.15, -0.1) is 11.3 Å². The first-order chi connectivity index (χ1) is 10.1. The molecule has 1 aromatic heterocycles. The molecule has 0 saturated heterocycles. The Morgan fingerprint density at radius 3 is 2.48 bits per heavy atom. The molecule has 2 rings (SSSR count). The summed E-state index contributed by atoms with van der Waals surface area (Å²) < 4.78 is 28.0. The predicted octanol–water partition coefficient (Wildman–Crippen LogP) is 2.49. The van der Waals surface area contributed by atoms with Crippen LogP contribution in [0.15, 0.2) is 35.7 Å². The normalized spacial score (nSPS) is 12.0. The summed E-state index contributed by atoms with van der Waals surface area (Å²) in [5.41, 5.74) is 1.77. The molecule has 7 heteroatoms. The highest BCUT2D eigenvalue weighted by Crippen LogP contribution is 2.23. The van der Waals surface area contributed by atoms with Crippen LogP contribution in [0.1, 0.15) is 19.5 Å². The molecule has 0 aliphatic heterocycles. The Morgan fingerprint density at radius 2 is 1.86 bits per heavy atom. The van der Waals surface area contributed by atoms with E-state index in [-0.39, 0.29) is 6.54 Å². The molecule has 1 N–H and O–H groups in total. The first kappa shape index (κ1) is 16.1. The minimum Gasteiger partial charge on any atom is -0.240 e. The second kappa shape index (κ2) is 7.13. The third-order valence-corrected chi connectivity index (χ3v) is 5.70. The Morgan fingerprint density at radius 1 is 1.19 bits per heavy atom. The van der Waals surface area contributed by atoms with Gasteiger partial charge in [-0.05, 0) is 0 Å².